The zero-order valence-corrected chi connectivity index (χ0v) is 15.2. The number of rotatable bonds is 8. The van der Waals surface area contributed by atoms with Crippen molar-refractivity contribution in [3.8, 4) is 11.5 Å². The maximum Gasteiger partial charge on any atom is 0.310 e. The van der Waals surface area contributed by atoms with Gasteiger partial charge in [-0.15, -0.1) is 0 Å². The Hall–Kier alpha value is -3.02. The number of esters is 1. The molecule has 2 aromatic carbocycles. The first-order chi connectivity index (χ1) is 12.5. The van der Waals surface area contributed by atoms with Crippen molar-refractivity contribution in [3.63, 3.8) is 0 Å². The third kappa shape index (κ3) is 5.51. The molecule has 0 bridgehead atoms. The number of hydrogen-bond donors (Lipinski definition) is 1. The van der Waals surface area contributed by atoms with Crippen molar-refractivity contribution in [1.82, 2.24) is 0 Å². The molecule has 0 atom stereocenters. The molecule has 138 valence electrons. The fourth-order valence-electron chi connectivity index (χ4n) is 2.38. The van der Waals surface area contributed by atoms with Gasteiger partial charge in [-0.2, -0.15) is 0 Å². The molecule has 0 aromatic heterocycles. The lowest BCUT2D eigenvalue weighted by atomic mass is 10.1. The van der Waals surface area contributed by atoms with E-state index < -0.39 is 5.97 Å². The summed E-state index contributed by atoms with van der Waals surface area (Å²) in [6, 6.07) is 12.7. The van der Waals surface area contributed by atoms with Crippen LogP contribution in [0.1, 0.15) is 18.1 Å². The summed E-state index contributed by atoms with van der Waals surface area (Å²) in [5, 5.41) is 2.69. The molecular weight excluding hydrogens is 334 g/mol. The molecule has 0 spiro atoms. The summed E-state index contributed by atoms with van der Waals surface area (Å²) in [4.78, 5) is 23.8. The topological polar surface area (TPSA) is 73.9 Å². The lowest BCUT2D eigenvalue weighted by molar-refractivity contribution is -0.146. The fourth-order valence-corrected chi connectivity index (χ4v) is 2.38. The average molecular weight is 357 g/mol. The predicted octanol–water partition coefficient (Wildman–Crippen LogP) is 2.99. The molecule has 0 saturated carbocycles. The first-order valence-electron chi connectivity index (χ1n) is 8.31. The van der Waals surface area contributed by atoms with E-state index in [1.54, 1.807) is 25.3 Å². The van der Waals surface area contributed by atoms with Gasteiger partial charge in [-0.3, -0.25) is 9.59 Å². The highest BCUT2D eigenvalue weighted by atomic mass is 16.5. The number of amides is 1. The van der Waals surface area contributed by atoms with E-state index in [9.17, 15) is 9.59 Å². The Kier molecular flexibility index (Phi) is 7.02. The molecule has 6 nitrogen and oxygen atoms in total. The Labute approximate surface area is 153 Å². The lowest BCUT2D eigenvalue weighted by Gasteiger charge is -2.10. The van der Waals surface area contributed by atoms with Crippen LogP contribution in [0.2, 0.25) is 0 Å². The Balaban J connectivity index is 1.83. The van der Waals surface area contributed by atoms with E-state index in [0.717, 1.165) is 6.42 Å². The fraction of sp³-hybridized carbons (Fsp3) is 0.300. The zero-order chi connectivity index (χ0) is 18.9. The largest absolute Gasteiger partial charge is 0.493 e. The molecule has 26 heavy (non-hydrogen) atoms. The summed E-state index contributed by atoms with van der Waals surface area (Å²) >= 11 is 0. The second-order valence-electron chi connectivity index (χ2n) is 5.63. The zero-order valence-electron chi connectivity index (χ0n) is 15.2. The SMILES string of the molecule is CCc1ccc(NC(=O)COC(=O)Cc2ccc(OC)c(OC)c2)cc1. The van der Waals surface area contributed by atoms with Crippen LogP contribution in [-0.2, 0) is 27.2 Å². The van der Waals surface area contributed by atoms with Crippen LogP contribution in [0.4, 0.5) is 5.69 Å². The van der Waals surface area contributed by atoms with Gasteiger partial charge in [-0.05, 0) is 41.8 Å². The highest BCUT2D eigenvalue weighted by Crippen LogP contribution is 2.27. The van der Waals surface area contributed by atoms with Gasteiger partial charge in [-0.25, -0.2) is 0 Å². The first-order valence-corrected chi connectivity index (χ1v) is 8.31. The van der Waals surface area contributed by atoms with Crippen LogP contribution in [0.3, 0.4) is 0 Å². The predicted molar refractivity (Wildman–Crippen MR) is 98.7 cm³/mol. The van der Waals surface area contributed by atoms with Gasteiger partial charge in [0.1, 0.15) is 0 Å². The number of carbonyl (C=O) groups excluding carboxylic acids is 2. The molecule has 1 N–H and O–H groups in total. The van der Waals surface area contributed by atoms with Crippen LogP contribution < -0.4 is 14.8 Å². The lowest BCUT2D eigenvalue weighted by Crippen LogP contribution is -2.21. The standard InChI is InChI=1S/C20H23NO5/c1-4-14-5-8-16(9-6-14)21-19(22)13-26-20(23)12-15-7-10-17(24-2)18(11-15)25-3/h5-11H,4,12-13H2,1-3H3,(H,21,22). The monoisotopic (exact) mass is 357 g/mol. The normalized spacial score (nSPS) is 10.1. The molecule has 0 aliphatic carbocycles. The number of anilines is 1. The van der Waals surface area contributed by atoms with Crippen LogP contribution >= 0.6 is 0 Å². The summed E-state index contributed by atoms with van der Waals surface area (Å²) in [7, 11) is 3.07. The van der Waals surface area contributed by atoms with Crippen LogP contribution in [0.25, 0.3) is 0 Å². The molecule has 0 fully saturated rings. The second kappa shape index (κ2) is 9.46. The van der Waals surface area contributed by atoms with E-state index in [0.29, 0.717) is 22.7 Å². The van der Waals surface area contributed by atoms with Crippen molar-refractivity contribution in [2.75, 3.05) is 26.1 Å². The van der Waals surface area contributed by atoms with E-state index in [1.807, 2.05) is 24.3 Å². The van der Waals surface area contributed by atoms with Crippen molar-refractivity contribution in [3.05, 3.63) is 53.6 Å². The van der Waals surface area contributed by atoms with Crippen molar-refractivity contribution in [2.24, 2.45) is 0 Å². The summed E-state index contributed by atoms with van der Waals surface area (Å²) in [5.41, 5.74) is 2.57. The highest BCUT2D eigenvalue weighted by Gasteiger charge is 2.11. The van der Waals surface area contributed by atoms with Crippen LogP contribution in [0.5, 0.6) is 11.5 Å². The molecule has 0 aliphatic rings. The molecule has 0 unspecified atom stereocenters. The number of hydrogen-bond acceptors (Lipinski definition) is 5. The Bertz CT molecular complexity index is 755. The molecular formula is C20H23NO5. The van der Waals surface area contributed by atoms with Gasteiger partial charge < -0.3 is 19.5 Å². The summed E-state index contributed by atoms with van der Waals surface area (Å²) < 4.78 is 15.4. The number of carbonyl (C=O) groups is 2. The number of benzene rings is 2. The molecule has 6 heteroatoms. The van der Waals surface area contributed by atoms with Gasteiger partial charge in [0, 0.05) is 5.69 Å². The van der Waals surface area contributed by atoms with Gasteiger partial charge >= 0.3 is 5.97 Å². The number of aryl methyl sites for hydroxylation is 1. The maximum absolute atomic E-state index is 11.9. The van der Waals surface area contributed by atoms with Gasteiger partial charge in [0.2, 0.25) is 0 Å². The third-order valence-corrected chi connectivity index (χ3v) is 3.81. The molecule has 0 saturated heterocycles. The smallest absolute Gasteiger partial charge is 0.310 e. The van der Waals surface area contributed by atoms with Crippen molar-refractivity contribution < 1.29 is 23.8 Å². The average Bonchev–Trinajstić information content (AvgIpc) is 2.67. The molecule has 0 heterocycles. The van der Waals surface area contributed by atoms with Crippen molar-refractivity contribution in [1.29, 1.82) is 0 Å². The van der Waals surface area contributed by atoms with Crippen LogP contribution in [0.15, 0.2) is 42.5 Å². The Morgan fingerprint density at radius 2 is 1.58 bits per heavy atom. The van der Waals surface area contributed by atoms with Gasteiger partial charge in [0.05, 0.1) is 20.6 Å². The first kappa shape index (κ1) is 19.3. The summed E-state index contributed by atoms with van der Waals surface area (Å²) in [6.07, 6.45) is 0.973. The molecule has 0 aliphatic heterocycles. The Morgan fingerprint density at radius 3 is 2.19 bits per heavy atom. The van der Waals surface area contributed by atoms with Crippen LogP contribution in [-0.4, -0.2) is 32.7 Å². The quantitative estimate of drug-likeness (QED) is 0.735. The maximum atomic E-state index is 11.9. The molecule has 2 rings (SSSR count). The minimum atomic E-state index is -0.492. The highest BCUT2D eigenvalue weighted by molar-refractivity contribution is 5.92. The van der Waals surface area contributed by atoms with Crippen molar-refractivity contribution >= 4 is 17.6 Å². The molecule has 2 aromatic rings. The Morgan fingerprint density at radius 1 is 0.923 bits per heavy atom. The van der Waals surface area contributed by atoms with E-state index >= 15 is 0 Å². The van der Waals surface area contributed by atoms with E-state index in [-0.39, 0.29) is 18.9 Å². The van der Waals surface area contributed by atoms with Gasteiger partial charge in [0.25, 0.3) is 5.91 Å². The number of methoxy groups -OCH3 is 2. The minimum absolute atomic E-state index is 0.0405. The van der Waals surface area contributed by atoms with Crippen LogP contribution in [0, 0.1) is 0 Å². The van der Waals surface area contributed by atoms with Gasteiger partial charge in [0.15, 0.2) is 18.1 Å². The van der Waals surface area contributed by atoms with E-state index in [1.165, 1.54) is 12.7 Å². The van der Waals surface area contributed by atoms with Crippen molar-refractivity contribution in [2.45, 2.75) is 19.8 Å². The number of nitrogens with one attached hydrogen (secondary N) is 1. The summed E-state index contributed by atoms with van der Waals surface area (Å²) in [5.74, 6) is 0.243. The molecule has 0 radical (unpaired) electrons. The minimum Gasteiger partial charge on any atom is -0.493 e. The summed E-state index contributed by atoms with van der Waals surface area (Å²) in [6.45, 7) is 1.73. The van der Waals surface area contributed by atoms with E-state index in [4.69, 9.17) is 14.2 Å². The van der Waals surface area contributed by atoms with Gasteiger partial charge in [-0.1, -0.05) is 25.1 Å². The second-order valence-corrected chi connectivity index (χ2v) is 5.63. The third-order valence-electron chi connectivity index (χ3n) is 3.81. The van der Waals surface area contributed by atoms with E-state index in [2.05, 4.69) is 12.2 Å². The molecule has 1 amide bonds. The number of ether oxygens (including phenoxy) is 3.